The molecule has 5 heterocycles. The lowest BCUT2D eigenvalue weighted by atomic mass is 9.99. The van der Waals surface area contributed by atoms with Crippen molar-refractivity contribution in [3.63, 3.8) is 0 Å². The maximum Gasteiger partial charge on any atom is 0.342 e. The van der Waals surface area contributed by atoms with Gasteiger partial charge in [-0.15, -0.1) is 0 Å². The molecule has 0 aromatic carbocycles. The van der Waals surface area contributed by atoms with Crippen molar-refractivity contribution in [1.82, 2.24) is 0 Å². The van der Waals surface area contributed by atoms with Crippen molar-refractivity contribution < 1.29 is 69.9 Å². The summed E-state index contributed by atoms with van der Waals surface area (Å²) in [7, 11) is -6.61. The Bertz CT molecular complexity index is 1080. The highest BCUT2D eigenvalue weighted by Crippen LogP contribution is 2.64. The van der Waals surface area contributed by atoms with Gasteiger partial charge in [-0.25, -0.2) is 0 Å². The first kappa shape index (κ1) is 34.3. The Labute approximate surface area is 252 Å². The fourth-order valence-corrected chi connectivity index (χ4v) is 10.7. The summed E-state index contributed by atoms with van der Waals surface area (Å²) in [5.74, 6) is -3.31. The highest BCUT2D eigenvalue weighted by Gasteiger charge is 2.61. The largest absolute Gasteiger partial charge is 0.353 e. The van der Waals surface area contributed by atoms with Gasteiger partial charge in [0, 0.05) is 7.11 Å². The Kier molecular flexibility index (Phi) is 9.98. The Morgan fingerprint density at radius 3 is 1.56 bits per heavy atom. The number of hydrogen-bond acceptors (Lipinski definition) is 15. The van der Waals surface area contributed by atoms with Gasteiger partial charge in [0.1, 0.15) is 42.7 Å². The average molecular weight is 661 g/mol. The van der Waals surface area contributed by atoms with Crippen LogP contribution >= 0.6 is 15.2 Å². The minimum absolute atomic E-state index is 0.0226. The van der Waals surface area contributed by atoms with E-state index < -0.39 is 93.8 Å². The van der Waals surface area contributed by atoms with Gasteiger partial charge in [0.15, 0.2) is 35.8 Å². The van der Waals surface area contributed by atoms with Crippen LogP contribution in [0.5, 0.6) is 0 Å². The van der Waals surface area contributed by atoms with Gasteiger partial charge in [-0.1, -0.05) is 0 Å². The fraction of sp³-hybridized carbons (Fsp3) is 1.00. The van der Waals surface area contributed by atoms with Crippen molar-refractivity contribution in [2.24, 2.45) is 0 Å². The summed E-state index contributed by atoms with van der Waals surface area (Å²) in [6.07, 6.45) is -5.59. The lowest BCUT2D eigenvalue weighted by Crippen LogP contribution is -2.56. The van der Waals surface area contributed by atoms with Crippen LogP contribution in [0.1, 0.15) is 55.4 Å². The first-order chi connectivity index (χ1) is 20.0. The topological polar surface area (TPSA) is 154 Å². The van der Waals surface area contributed by atoms with Crippen molar-refractivity contribution >= 4 is 15.2 Å². The van der Waals surface area contributed by atoms with Crippen LogP contribution in [0.2, 0.25) is 0 Å². The van der Waals surface area contributed by atoms with Crippen LogP contribution in [0.4, 0.5) is 0 Å². The van der Waals surface area contributed by atoms with E-state index in [1.165, 1.54) is 7.11 Å². The second-order valence-electron chi connectivity index (χ2n) is 12.3. The third-order valence-electron chi connectivity index (χ3n) is 7.46. The fourth-order valence-electron chi connectivity index (χ4n) is 6.01. The molecular weight excluding hydrogens is 614 g/mol. The molecule has 0 saturated carbocycles. The molecule has 15 nitrogen and oxygen atoms in total. The van der Waals surface area contributed by atoms with Gasteiger partial charge < -0.3 is 60.7 Å². The molecule has 5 fully saturated rings. The molecule has 43 heavy (non-hydrogen) atoms. The molecule has 0 aliphatic carbocycles. The van der Waals surface area contributed by atoms with Crippen molar-refractivity contribution in [3.05, 3.63) is 0 Å². The predicted octanol–water partition coefficient (Wildman–Crippen LogP) is 3.72. The maximum absolute atomic E-state index is 14.0. The molecule has 0 aromatic heterocycles. The van der Waals surface area contributed by atoms with E-state index in [9.17, 15) is 9.13 Å². The van der Waals surface area contributed by atoms with E-state index >= 15 is 0 Å². The van der Waals surface area contributed by atoms with Crippen molar-refractivity contribution in [2.45, 2.75) is 128 Å². The summed E-state index contributed by atoms with van der Waals surface area (Å²) in [6.45, 7) is 13.6. The van der Waals surface area contributed by atoms with Crippen molar-refractivity contribution in [1.29, 1.82) is 0 Å². The second kappa shape index (κ2) is 12.5. The van der Waals surface area contributed by atoms with Crippen LogP contribution in [-0.2, 0) is 69.9 Å². The number of ether oxygens (including phenoxy) is 9. The minimum atomic E-state index is -4.06. The molecule has 5 aliphatic rings. The van der Waals surface area contributed by atoms with E-state index in [1.807, 2.05) is 0 Å². The van der Waals surface area contributed by atoms with E-state index in [0.717, 1.165) is 0 Å². The van der Waals surface area contributed by atoms with Crippen molar-refractivity contribution in [2.75, 3.05) is 39.4 Å². The molecule has 0 amide bonds. The Morgan fingerprint density at radius 2 is 1.02 bits per heavy atom. The minimum Gasteiger partial charge on any atom is -0.353 e. The van der Waals surface area contributed by atoms with E-state index in [1.54, 1.807) is 55.4 Å². The predicted molar refractivity (Wildman–Crippen MR) is 147 cm³/mol. The first-order valence-electron chi connectivity index (χ1n) is 14.7. The molecule has 0 spiro atoms. The molecule has 2 unspecified atom stereocenters. The summed E-state index contributed by atoms with van der Waals surface area (Å²) in [4.78, 5) is 0. The smallest absolute Gasteiger partial charge is 0.342 e. The zero-order chi connectivity index (χ0) is 31.4. The van der Waals surface area contributed by atoms with E-state index in [0.29, 0.717) is 0 Å². The number of methoxy groups -OCH3 is 1. The monoisotopic (exact) mass is 660 g/mol. The highest BCUT2D eigenvalue weighted by molar-refractivity contribution is 7.71. The SMILES string of the molecule is CCOP(=O)(CP(=O)(OCC)OC[C@H]1O[C@@H](OC)[C@@H]2OC(C)(C)O[C@@H]21)OC[C@H]1O[C@@H]2OC(C)(C)O[C@@H]2[C@H]2OC(C)(C)O[C@H]21. The summed E-state index contributed by atoms with van der Waals surface area (Å²) < 4.78 is 104. The lowest BCUT2D eigenvalue weighted by Gasteiger charge is -2.37. The van der Waals surface area contributed by atoms with E-state index in [-0.39, 0.29) is 26.4 Å². The summed E-state index contributed by atoms with van der Waals surface area (Å²) >= 11 is 0. The molecule has 250 valence electrons. The van der Waals surface area contributed by atoms with Gasteiger partial charge in [0.2, 0.25) is 0 Å². The normalized spacial score (nSPS) is 41.7. The zero-order valence-corrected chi connectivity index (χ0v) is 28.0. The molecule has 5 aliphatic heterocycles. The summed E-state index contributed by atoms with van der Waals surface area (Å²) in [5, 5.41) is 0. The first-order valence-corrected chi connectivity index (χ1v) is 18.1. The quantitative estimate of drug-likeness (QED) is 0.263. The number of fused-ring (bicyclic) bond motifs is 4. The Hall–Kier alpha value is -0.0600. The average Bonchev–Trinajstić information content (AvgIpc) is 3.58. The standard InChI is InChI=1S/C26H46O15P2/c1-10-30-42(27,32-12-15-17-19(38-24(3,4)36-17)21-23(35-15)41-26(7,8)40-21)14-43(28,31-11-2)33-13-16-18-20(22(29-9)34-16)39-25(5,6)37-18/h15-23H,10-14H2,1-9H3/t15-,16-,17+,18-,19+,20-,21-,22-,23-,42?,43?/m1/s1. The molecule has 11 atom stereocenters. The van der Waals surface area contributed by atoms with Crippen molar-refractivity contribution in [3.8, 4) is 0 Å². The second-order valence-corrected chi connectivity index (χ2v) is 16.9. The Balaban J connectivity index is 1.26. The molecular formula is C26H46O15P2. The van der Waals surface area contributed by atoms with E-state index in [2.05, 4.69) is 0 Å². The molecule has 5 saturated heterocycles. The number of hydrogen-bond donors (Lipinski definition) is 0. The van der Waals surface area contributed by atoms with Crippen LogP contribution in [0.3, 0.4) is 0 Å². The van der Waals surface area contributed by atoms with E-state index in [4.69, 9.17) is 60.7 Å². The van der Waals surface area contributed by atoms with Crippen LogP contribution in [0.25, 0.3) is 0 Å². The van der Waals surface area contributed by atoms with Crippen LogP contribution in [0, 0.1) is 0 Å². The molecule has 0 N–H and O–H groups in total. The zero-order valence-electron chi connectivity index (χ0n) is 26.2. The Morgan fingerprint density at radius 1 is 0.581 bits per heavy atom. The molecule has 5 rings (SSSR count). The van der Waals surface area contributed by atoms with Gasteiger partial charge >= 0.3 is 15.2 Å². The third-order valence-corrected chi connectivity index (χ3v) is 12.6. The molecule has 0 aromatic rings. The summed E-state index contributed by atoms with van der Waals surface area (Å²) in [5.41, 5.74) is 0. The number of rotatable bonds is 13. The van der Waals surface area contributed by atoms with Gasteiger partial charge in [-0.3, -0.25) is 9.13 Å². The maximum atomic E-state index is 14.0. The van der Waals surface area contributed by atoms with Gasteiger partial charge in [0.25, 0.3) is 0 Å². The van der Waals surface area contributed by atoms with Crippen LogP contribution < -0.4 is 0 Å². The van der Waals surface area contributed by atoms with Crippen LogP contribution in [0.15, 0.2) is 0 Å². The van der Waals surface area contributed by atoms with Gasteiger partial charge in [-0.2, -0.15) is 0 Å². The van der Waals surface area contributed by atoms with Gasteiger partial charge in [0.05, 0.1) is 26.4 Å². The molecule has 0 radical (unpaired) electrons. The third kappa shape index (κ3) is 7.58. The van der Waals surface area contributed by atoms with Gasteiger partial charge in [-0.05, 0) is 55.4 Å². The van der Waals surface area contributed by atoms with Crippen LogP contribution in [-0.4, -0.2) is 112 Å². The lowest BCUT2D eigenvalue weighted by molar-refractivity contribution is -0.238. The summed E-state index contributed by atoms with van der Waals surface area (Å²) in [6, 6.07) is 0. The molecule has 0 bridgehead atoms. The molecule has 17 heteroatoms. The highest BCUT2D eigenvalue weighted by atomic mass is 31.2.